The van der Waals surface area contributed by atoms with Gasteiger partial charge in [0.2, 0.25) is 0 Å². The number of benzene rings is 1. The van der Waals surface area contributed by atoms with Gasteiger partial charge in [-0.15, -0.1) is 0 Å². The number of rotatable bonds is 2. The molecule has 13 heavy (non-hydrogen) atoms. The lowest BCUT2D eigenvalue weighted by atomic mass is 10.1. The minimum absolute atomic E-state index is 0.132. The number of hydrogen-bond acceptors (Lipinski definition) is 3. The molecule has 2 N–H and O–H groups in total. The van der Waals surface area contributed by atoms with Gasteiger partial charge in [0, 0.05) is 5.56 Å². The maximum absolute atomic E-state index is 10.7. The summed E-state index contributed by atoms with van der Waals surface area (Å²) >= 11 is 0. The van der Waals surface area contributed by atoms with E-state index in [1.165, 1.54) is 19.1 Å². The molecule has 0 aliphatic heterocycles. The van der Waals surface area contributed by atoms with E-state index in [0.29, 0.717) is 0 Å². The third-order valence-electron chi connectivity index (χ3n) is 1.82. The molecule has 0 aliphatic rings. The molecule has 0 bridgehead atoms. The SMILES string of the molecule is CC(c1ccccc1O)S(=O)(=O)O. The fourth-order valence-corrected chi connectivity index (χ4v) is 1.51. The monoisotopic (exact) mass is 202 g/mol. The number of para-hydroxylation sites is 1. The molecular formula is C8H10O4S. The molecule has 0 radical (unpaired) electrons. The van der Waals surface area contributed by atoms with Gasteiger partial charge in [0.05, 0.1) is 0 Å². The van der Waals surface area contributed by atoms with Crippen molar-refractivity contribution in [2.45, 2.75) is 12.2 Å². The third-order valence-corrected chi connectivity index (χ3v) is 2.97. The third kappa shape index (κ3) is 2.19. The van der Waals surface area contributed by atoms with Gasteiger partial charge in [0.15, 0.2) is 0 Å². The average Bonchev–Trinajstić information content (AvgIpc) is 2.02. The van der Waals surface area contributed by atoms with Crippen LogP contribution in [0.5, 0.6) is 5.75 Å². The van der Waals surface area contributed by atoms with Crippen molar-refractivity contribution in [1.29, 1.82) is 0 Å². The Kier molecular flexibility index (Phi) is 2.58. The van der Waals surface area contributed by atoms with Crippen molar-refractivity contribution >= 4 is 10.1 Å². The van der Waals surface area contributed by atoms with Gasteiger partial charge in [0.25, 0.3) is 10.1 Å². The standard InChI is InChI=1S/C8H10O4S/c1-6(13(10,11)12)7-4-2-3-5-8(7)9/h2-6,9H,1H3,(H,10,11,12). The molecule has 72 valence electrons. The van der Waals surface area contributed by atoms with Crippen LogP contribution in [-0.4, -0.2) is 18.1 Å². The van der Waals surface area contributed by atoms with E-state index >= 15 is 0 Å². The van der Waals surface area contributed by atoms with Crippen LogP contribution in [0.15, 0.2) is 24.3 Å². The first-order valence-electron chi connectivity index (χ1n) is 3.67. The smallest absolute Gasteiger partial charge is 0.271 e. The van der Waals surface area contributed by atoms with Crippen LogP contribution in [-0.2, 0) is 10.1 Å². The van der Waals surface area contributed by atoms with E-state index in [1.54, 1.807) is 12.1 Å². The summed E-state index contributed by atoms with van der Waals surface area (Å²) in [6.45, 7) is 1.31. The fraction of sp³-hybridized carbons (Fsp3) is 0.250. The van der Waals surface area contributed by atoms with Gasteiger partial charge in [-0.25, -0.2) is 0 Å². The molecule has 0 spiro atoms. The highest BCUT2D eigenvalue weighted by molar-refractivity contribution is 7.86. The van der Waals surface area contributed by atoms with Crippen molar-refractivity contribution < 1.29 is 18.1 Å². The Labute approximate surface area is 76.6 Å². The van der Waals surface area contributed by atoms with Crippen LogP contribution in [0.25, 0.3) is 0 Å². The molecule has 0 saturated carbocycles. The molecule has 0 amide bonds. The van der Waals surface area contributed by atoms with Crippen LogP contribution >= 0.6 is 0 Å². The number of hydrogen-bond donors (Lipinski definition) is 2. The molecule has 5 heteroatoms. The van der Waals surface area contributed by atoms with Crippen LogP contribution < -0.4 is 0 Å². The quantitative estimate of drug-likeness (QED) is 0.710. The number of phenols is 1. The second kappa shape index (κ2) is 3.35. The first-order chi connectivity index (χ1) is 5.93. The zero-order valence-electron chi connectivity index (χ0n) is 7.01. The molecule has 1 atom stereocenters. The largest absolute Gasteiger partial charge is 0.508 e. The van der Waals surface area contributed by atoms with Gasteiger partial charge in [-0.1, -0.05) is 18.2 Å². The summed E-state index contributed by atoms with van der Waals surface area (Å²) in [5.41, 5.74) is 0.199. The van der Waals surface area contributed by atoms with E-state index in [2.05, 4.69) is 0 Å². The van der Waals surface area contributed by atoms with E-state index in [9.17, 15) is 13.5 Å². The fourth-order valence-electron chi connectivity index (χ4n) is 0.992. The van der Waals surface area contributed by atoms with Gasteiger partial charge >= 0.3 is 0 Å². The van der Waals surface area contributed by atoms with Gasteiger partial charge in [-0.05, 0) is 13.0 Å². The molecule has 0 heterocycles. The van der Waals surface area contributed by atoms with Crippen molar-refractivity contribution in [3.05, 3.63) is 29.8 Å². The molecule has 0 fully saturated rings. The summed E-state index contributed by atoms with van der Waals surface area (Å²) in [6, 6.07) is 6.00. The van der Waals surface area contributed by atoms with E-state index in [0.717, 1.165) is 0 Å². The minimum atomic E-state index is -4.14. The normalized spacial score (nSPS) is 14.0. The van der Waals surface area contributed by atoms with Crippen LogP contribution in [0.3, 0.4) is 0 Å². The molecule has 0 aliphatic carbocycles. The van der Waals surface area contributed by atoms with Crippen molar-refractivity contribution in [3.63, 3.8) is 0 Å². The Hall–Kier alpha value is -1.07. The maximum atomic E-state index is 10.7. The Bertz CT molecular complexity index is 396. The molecule has 0 saturated heterocycles. The summed E-state index contributed by atoms with van der Waals surface area (Å²) in [6.07, 6.45) is 0. The lowest BCUT2D eigenvalue weighted by Gasteiger charge is -2.09. The lowest BCUT2D eigenvalue weighted by Crippen LogP contribution is -2.08. The zero-order chi connectivity index (χ0) is 10.1. The van der Waals surface area contributed by atoms with Crippen LogP contribution in [0.1, 0.15) is 17.7 Å². The van der Waals surface area contributed by atoms with E-state index < -0.39 is 15.4 Å². The Morgan fingerprint density at radius 2 is 1.85 bits per heavy atom. The van der Waals surface area contributed by atoms with Crippen molar-refractivity contribution in [2.24, 2.45) is 0 Å². The van der Waals surface area contributed by atoms with E-state index in [-0.39, 0.29) is 11.3 Å². The second-order valence-corrected chi connectivity index (χ2v) is 4.45. The highest BCUT2D eigenvalue weighted by atomic mass is 32.2. The Morgan fingerprint density at radius 3 is 2.31 bits per heavy atom. The van der Waals surface area contributed by atoms with Gasteiger partial charge in [-0.2, -0.15) is 8.42 Å². The maximum Gasteiger partial charge on any atom is 0.271 e. The Balaban J connectivity index is 3.17. The molecule has 1 rings (SSSR count). The molecular weight excluding hydrogens is 192 g/mol. The average molecular weight is 202 g/mol. The lowest BCUT2D eigenvalue weighted by molar-refractivity contribution is 0.453. The summed E-state index contributed by atoms with van der Waals surface area (Å²) in [5, 5.41) is 8.17. The topological polar surface area (TPSA) is 74.6 Å². The Morgan fingerprint density at radius 1 is 1.31 bits per heavy atom. The molecule has 0 aromatic heterocycles. The number of aromatic hydroxyl groups is 1. The number of phenolic OH excluding ortho intramolecular Hbond substituents is 1. The first kappa shape index (κ1) is 10.0. The second-order valence-electron chi connectivity index (χ2n) is 2.72. The van der Waals surface area contributed by atoms with Crippen LogP contribution in [0.4, 0.5) is 0 Å². The van der Waals surface area contributed by atoms with E-state index in [1.807, 2.05) is 0 Å². The van der Waals surface area contributed by atoms with Crippen LogP contribution in [0, 0.1) is 0 Å². The molecule has 1 unspecified atom stereocenters. The summed E-state index contributed by atoms with van der Waals surface area (Å²) in [7, 11) is -4.14. The summed E-state index contributed by atoms with van der Waals surface area (Å²) in [4.78, 5) is 0. The van der Waals surface area contributed by atoms with Crippen molar-refractivity contribution in [2.75, 3.05) is 0 Å². The van der Waals surface area contributed by atoms with Gasteiger partial charge in [-0.3, -0.25) is 4.55 Å². The molecule has 1 aromatic carbocycles. The first-order valence-corrected chi connectivity index (χ1v) is 5.17. The predicted molar refractivity (Wildman–Crippen MR) is 48.1 cm³/mol. The summed E-state index contributed by atoms with van der Waals surface area (Å²) in [5.74, 6) is -0.132. The van der Waals surface area contributed by atoms with Gasteiger partial charge < -0.3 is 5.11 Å². The molecule has 1 aromatic rings. The van der Waals surface area contributed by atoms with Gasteiger partial charge in [0.1, 0.15) is 11.0 Å². The minimum Gasteiger partial charge on any atom is -0.508 e. The predicted octanol–water partition coefficient (Wildman–Crippen LogP) is 1.34. The van der Waals surface area contributed by atoms with Crippen molar-refractivity contribution in [3.8, 4) is 5.75 Å². The van der Waals surface area contributed by atoms with E-state index in [4.69, 9.17) is 4.55 Å². The highest BCUT2D eigenvalue weighted by Crippen LogP contribution is 2.28. The molecule has 4 nitrogen and oxygen atoms in total. The highest BCUT2D eigenvalue weighted by Gasteiger charge is 2.21. The zero-order valence-corrected chi connectivity index (χ0v) is 7.82. The van der Waals surface area contributed by atoms with Crippen LogP contribution in [0.2, 0.25) is 0 Å². The van der Waals surface area contributed by atoms with Crippen molar-refractivity contribution in [1.82, 2.24) is 0 Å². The summed E-state index contributed by atoms with van der Waals surface area (Å²) < 4.78 is 30.2.